The van der Waals surface area contributed by atoms with E-state index < -0.39 is 0 Å². The number of esters is 1. The molecule has 2 bridgehead atoms. The molecular formula is C8H11ClO2. The normalized spacial score (nSPS) is 46.7. The summed E-state index contributed by atoms with van der Waals surface area (Å²) in [6, 6.07) is 0. The summed E-state index contributed by atoms with van der Waals surface area (Å²) in [7, 11) is 0. The molecule has 0 heterocycles. The smallest absolute Gasteiger partial charge is 0.302 e. The molecule has 0 aromatic rings. The molecule has 3 aliphatic carbocycles. The predicted octanol–water partition coefficient (Wildman–Crippen LogP) is 1.57. The zero-order chi connectivity index (χ0) is 8.01. The highest BCUT2D eigenvalue weighted by Gasteiger charge is 2.54. The number of rotatable bonds is 1. The van der Waals surface area contributed by atoms with E-state index in [4.69, 9.17) is 16.3 Å². The van der Waals surface area contributed by atoms with Crippen molar-refractivity contribution in [3.63, 3.8) is 0 Å². The lowest BCUT2D eigenvalue weighted by molar-refractivity contribution is -0.156. The molecule has 2 nitrogen and oxygen atoms in total. The maximum absolute atomic E-state index is 10.6. The van der Waals surface area contributed by atoms with Crippen LogP contribution in [0.4, 0.5) is 0 Å². The standard InChI is InChI=1S/C8H11ClO2/c1-4(10)11-8-5-2-6(8)7(9)3-5/h5-8H,2-3H2,1H3. The van der Waals surface area contributed by atoms with Crippen molar-refractivity contribution >= 4 is 17.6 Å². The third-order valence-corrected chi connectivity index (χ3v) is 3.26. The van der Waals surface area contributed by atoms with E-state index in [0.29, 0.717) is 11.8 Å². The number of carbonyl (C=O) groups excluding carboxylic acids is 1. The molecule has 0 radical (unpaired) electrons. The Morgan fingerprint density at radius 3 is 2.64 bits per heavy atom. The predicted molar refractivity (Wildman–Crippen MR) is 41.4 cm³/mol. The Morgan fingerprint density at radius 1 is 1.55 bits per heavy atom. The molecule has 11 heavy (non-hydrogen) atoms. The number of ether oxygens (including phenoxy) is 1. The van der Waals surface area contributed by atoms with Gasteiger partial charge >= 0.3 is 5.97 Å². The van der Waals surface area contributed by atoms with Crippen molar-refractivity contribution < 1.29 is 9.53 Å². The highest BCUT2D eigenvalue weighted by molar-refractivity contribution is 6.21. The molecule has 4 unspecified atom stereocenters. The number of alkyl halides is 1. The van der Waals surface area contributed by atoms with Gasteiger partial charge in [-0.1, -0.05) is 0 Å². The first-order chi connectivity index (χ1) is 5.18. The fourth-order valence-corrected chi connectivity index (χ4v) is 2.67. The molecule has 3 rings (SSSR count). The Morgan fingerprint density at radius 2 is 2.27 bits per heavy atom. The summed E-state index contributed by atoms with van der Waals surface area (Å²) in [6.07, 6.45) is 2.34. The zero-order valence-corrected chi connectivity index (χ0v) is 7.17. The van der Waals surface area contributed by atoms with E-state index in [0.717, 1.165) is 12.8 Å². The van der Waals surface area contributed by atoms with Gasteiger partial charge in [0.15, 0.2) is 0 Å². The van der Waals surface area contributed by atoms with Crippen LogP contribution in [-0.2, 0) is 9.53 Å². The Bertz CT molecular complexity index is 193. The molecule has 3 heteroatoms. The first-order valence-corrected chi connectivity index (χ1v) is 4.43. The maximum Gasteiger partial charge on any atom is 0.302 e. The van der Waals surface area contributed by atoms with Gasteiger partial charge in [0.2, 0.25) is 0 Å². The van der Waals surface area contributed by atoms with Crippen LogP contribution < -0.4 is 0 Å². The van der Waals surface area contributed by atoms with E-state index in [2.05, 4.69) is 0 Å². The second kappa shape index (κ2) is 2.37. The summed E-state index contributed by atoms with van der Waals surface area (Å²) in [6.45, 7) is 1.46. The Balaban J connectivity index is 1.95. The summed E-state index contributed by atoms with van der Waals surface area (Å²) in [5.74, 6) is 0.840. The quantitative estimate of drug-likeness (QED) is 0.446. The molecule has 4 atom stereocenters. The average Bonchev–Trinajstić information content (AvgIpc) is 2.37. The molecule has 0 amide bonds. The third-order valence-electron chi connectivity index (χ3n) is 2.76. The fourth-order valence-electron chi connectivity index (χ4n) is 2.19. The van der Waals surface area contributed by atoms with Gasteiger partial charge < -0.3 is 4.74 Å². The van der Waals surface area contributed by atoms with Crippen molar-refractivity contribution in [1.29, 1.82) is 0 Å². The van der Waals surface area contributed by atoms with Gasteiger partial charge in [0, 0.05) is 18.2 Å². The van der Waals surface area contributed by atoms with E-state index in [9.17, 15) is 4.79 Å². The van der Waals surface area contributed by atoms with Crippen LogP contribution in [0.15, 0.2) is 0 Å². The van der Waals surface area contributed by atoms with Crippen molar-refractivity contribution in [2.45, 2.75) is 31.2 Å². The first kappa shape index (κ1) is 7.41. The van der Waals surface area contributed by atoms with Gasteiger partial charge in [-0.3, -0.25) is 4.79 Å². The number of hydrogen-bond acceptors (Lipinski definition) is 2. The molecule has 0 N–H and O–H groups in total. The molecule has 0 spiro atoms. The van der Waals surface area contributed by atoms with Gasteiger partial charge in [-0.15, -0.1) is 11.6 Å². The van der Waals surface area contributed by atoms with Gasteiger partial charge in [-0.2, -0.15) is 0 Å². The van der Waals surface area contributed by atoms with Crippen LogP contribution in [0.3, 0.4) is 0 Å². The van der Waals surface area contributed by atoms with E-state index in [1.54, 1.807) is 0 Å². The van der Waals surface area contributed by atoms with Crippen LogP contribution in [0, 0.1) is 11.8 Å². The molecule has 0 aromatic carbocycles. The molecule has 3 fully saturated rings. The lowest BCUT2D eigenvalue weighted by Crippen LogP contribution is -2.39. The maximum atomic E-state index is 10.6. The SMILES string of the molecule is CC(=O)OC1C2CC(Cl)C1C2. The lowest BCUT2D eigenvalue weighted by atomic mass is 9.81. The van der Waals surface area contributed by atoms with Crippen molar-refractivity contribution in [3.05, 3.63) is 0 Å². The summed E-state index contributed by atoms with van der Waals surface area (Å²) < 4.78 is 5.12. The van der Waals surface area contributed by atoms with Crippen molar-refractivity contribution in [2.75, 3.05) is 0 Å². The molecule has 0 aromatic heterocycles. The van der Waals surface area contributed by atoms with Gasteiger partial charge in [0.05, 0.1) is 0 Å². The van der Waals surface area contributed by atoms with Crippen LogP contribution in [0.1, 0.15) is 19.8 Å². The van der Waals surface area contributed by atoms with Gasteiger partial charge in [-0.25, -0.2) is 0 Å². The van der Waals surface area contributed by atoms with Gasteiger partial charge in [-0.05, 0) is 18.8 Å². The lowest BCUT2D eigenvalue weighted by Gasteiger charge is -2.34. The van der Waals surface area contributed by atoms with Gasteiger partial charge in [0.1, 0.15) is 6.10 Å². The number of hydrogen-bond donors (Lipinski definition) is 0. The van der Waals surface area contributed by atoms with Gasteiger partial charge in [0.25, 0.3) is 0 Å². The van der Waals surface area contributed by atoms with E-state index in [-0.39, 0.29) is 17.5 Å². The summed E-state index contributed by atoms with van der Waals surface area (Å²) in [5, 5.41) is 0.254. The topological polar surface area (TPSA) is 26.3 Å². The second-order valence-corrected chi connectivity index (χ2v) is 4.05. The third kappa shape index (κ3) is 1.04. The fraction of sp³-hybridized carbons (Fsp3) is 0.875. The zero-order valence-electron chi connectivity index (χ0n) is 6.42. The largest absolute Gasteiger partial charge is 0.462 e. The van der Waals surface area contributed by atoms with Crippen LogP contribution in [0.25, 0.3) is 0 Å². The number of fused-ring (bicyclic) bond motifs is 1. The van der Waals surface area contributed by atoms with Crippen molar-refractivity contribution in [3.8, 4) is 0 Å². The van der Waals surface area contributed by atoms with Crippen LogP contribution in [-0.4, -0.2) is 17.5 Å². The molecule has 3 saturated carbocycles. The highest BCUT2D eigenvalue weighted by atomic mass is 35.5. The summed E-state index contributed by atoms with van der Waals surface area (Å²) >= 11 is 5.99. The number of halogens is 1. The Hall–Kier alpha value is -0.240. The van der Waals surface area contributed by atoms with Crippen LogP contribution in [0.5, 0.6) is 0 Å². The summed E-state index contributed by atoms with van der Waals surface area (Å²) in [5.41, 5.74) is 0. The minimum Gasteiger partial charge on any atom is -0.462 e. The minimum atomic E-state index is -0.171. The monoisotopic (exact) mass is 174 g/mol. The number of carbonyl (C=O) groups is 1. The first-order valence-electron chi connectivity index (χ1n) is 4.00. The molecular weight excluding hydrogens is 164 g/mol. The van der Waals surface area contributed by atoms with E-state index in [1.165, 1.54) is 6.92 Å². The molecule has 0 saturated heterocycles. The molecule has 62 valence electrons. The van der Waals surface area contributed by atoms with Crippen molar-refractivity contribution in [1.82, 2.24) is 0 Å². The minimum absolute atomic E-state index is 0.148. The van der Waals surface area contributed by atoms with Crippen molar-refractivity contribution in [2.24, 2.45) is 11.8 Å². The Kier molecular flexibility index (Phi) is 1.60. The van der Waals surface area contributed by atoms with Crippen LogP contribution in [0.2, 0.25) is 0 Å². The summed E-state index contributed by atoms with van der Waals surface area (Å²) in [4.78, 5) is 10.6. The highest BCUT2D eigenvalue weighted by Crippen LogP contribution is 2.52. The van der Waals surface area contributed by atoms with E-state index in [1.807, 2.05) is 0 Å². The van der Waals surface area contributed by atoms with E-state index >= 15 is 0 Å². The average molecular weight is 175 g/mol. The van der Waals surface area contributed by atoms with Crippen LogP contribution >= 0.6 is 11.6 Å². The molecule has 0 aliphatic heterocycles. The molecule has 3 aliphatic rings. The second-order valence-electron chi connectivity index (χ2n) is 3.49. The Labute approximate surface area is 70.9 Å².